The normalized spacial score (nSPS) is 18.8. The average Bonchev–Trinajstić information content (AvgIpc) is 3.33. The molecule has 0 saturated heterocycles. The Kier molecular flexibility index (Phi) is 4.73. The van der Waals surface area contributed by atoms with Gasteiger partial charge in [0.05, 0.1) is 22.7 Å². The number of aromatic nitrogens is 1. The number of para-hydroxylation sites is 1. The maximum absolute atomic E-state index is 13.6. The number of carbonyl (C=O) groups excluding carboxylic acids is 1. The summed E-state index contributed by atoms with van der Waals surface area (Å²) in [6, 6.07) is 23.3. The van der Waals surface area contributed by atoms with E-state index in [4.69, 9.17) is 23.9 Å². The van der Waals surface area contributed by atoms with Gasteiger partial charge in [0.25, 0.3) is 0 Å². The van der Waals surface area contributed by atoms with E-state index in [9.17, 15) is 4.79 Å². The fourth-order valence-corrected chi connectivity index (χ4v) is 4.47. The number of benzene rings is 3. The number of nitrogens with zero attached hydrogens (tertiary/aromatic N) is 1. The largest absolute Gasteiger partial charge is 0.463 e. The number of pyridine rings is 1. The van der Waals surface area contributed by atoms with Crippen LogP contribution in [0.3, 0.4) is 0 Å². The highest BCUT2D eigenvalue weighted by molar-refractivity contribution is 6.02. The Morgan fingerprint density at radius 2 is 1.79 bits per heavy atom. The minimum Gasteiger partial charge on any atom is -0.463 e. The number of hydrogen-bond donors (Lipinski definition) is 0. The number of fused-ring (bicyclic) bond motifs is 3. The van der Waals surface area contributed by atoms with E-state index in [1.54, 1.807) is 7.11 Å². The van der Waals surface area contributed by atoms with Crippen molar-refractivity contribution in [3.63, 3.8) is 0 Å². The molecule has 3 aromatic carbocycles. The summed E-state index contributed by atoms with van der Waals surface area (Å²) < 4.78 is 22.5. The topological polar surface area (TPSA) is 66.9 Å². The highest BCUT2D eigenvalue weighted by Crippen LogP contribution is 2.38. The molecular formula is C27H21NO5. The maximum atomic E-state index is 13.6. The number of hydrogen-bond acceptors (Lipinski definition) is 6. The van der Waals surface area contributed by atoms with Crippen molar-refractivity contribution in [2.75, 3.05) is 13.9 Å². The Morgan fingerprint density at radius 1 is 0.939 bits per heavy atom. The molecule has 6 nitrogen and oxygen atoms in total. The van der Waals surface area contributed by atoms with Crippen LogP contribution in [0.15, 0.2) is 72.8 Å². The average molecular weight is 439 g/mol. The lowest BCUT2D eigenvalue weighted by atomic mass is 9.87. The Bertz CT molecular complexity index is 1380. The third-order valence-electron chi connectivity index (χ3n) is 6.17. The Labute approximate surface area is 190 Å². The predicted molar refractivity (Wildman–Crippen MR) is 123 cm³/mol. The molecule has 0 bridgehead atoms. The van der Waals surface area contributed by atoms with E-state index < -0.39 is 12.2 Å². The first kappa shape index (κ1) is 19.8. The van der Waals surface area contributed by atoms with Crippen molar-refractivity contribution in [2.45, 2.75) is 12.7 Å². The van der Waals surface area contributed by atoms with Crippen LogP contribution >= 0.6 is 0 Å². The molecule has 0 aliphatic carbocycles. The number of rotatable bonds is 4. The van der Waals surface area contributed by atoms with Crippen LogP contribution in [-0.4, -0.2) is 31.0 Å². The number of methoxy groups -OCH3 is 1. The molecule has 1 aromatic heterocycles. The number of carbonyl (C=O) groups is 1. The van der Waals surface area contributed by atoms with E-state index in [0.29, 0.717) is 29.2 Å². The van der Waals surface area contributed by atoms with Crippen LogP contribution in [0.2, 0.25) is 0 Å². The quantitative estimate of drug-likeness (QED) is 0.444. The molecule has 0 spiro atoms. The van der Waals surface area contributed by atoms with Crippen LogP contribution in [0.1, 0.15) is 15.9 Å². The van der Waals surface area contributed by atoms with Gasteiger partial charge in [-0.3, -0.25) is 4.79 Å². The van der Waals surface area contributed by atoms with Crippen LogP contribution < -0.4 is 14.2 Å². The van der Waals surface area contributed by atoms with Gasteiger partial charge in [-0.05, 0) is 54.4 Å². The number of ketones is 1. The molecule has 0 fully saturated rings. The van der Waals surface area contributed by atoms with E-state index in [1.807, 2.05) is 72.8 Å². The second-order valence-corrected chi connectivity index (χ2v) is 8.18. The van der Waals surface area contributed by atoms with E-state index in [2.05, 4.69) is 0 Å². The van der Waals surface area contributed by atoms with Crippen LogP contribution in [0.25, 0.3) is 22.2 Å². The second kappa shape index (κ2) is 7.90. The molecule has 0 saturated carbocycles. The molecular weight excluding hydrogens is 418 g/mol. The lowest BCUT2D eigenvalue weighted by molar-refractivity contribution is -0.0881. The van der Waals surface area contributed by atoms with Gasteiger partial charge in [0.1, 0.15) is 5.75 Å². The first-order chi connectivity index (χ1) is 16.2. The zero-order valence-electron chi connectivity index (χ0n) is 18.0. The summed E-state index contributed by atoms with van der Waals surface area (Å²) in [7, 11) is 1.56. The summed E-state index contributed by atoms with van der Waals surface area (Å²) in [4.78, 5) is 18.4. The van der Waals surface area contributed by atoms with Crippen molar-refractivity contribution >= 4 is 16.7 Å². The predicted octanol–water partition coefficient (Wildman–Crippen LogP) is 5.04. The smallest absolute Gasteiger partial charge is 0.231 e. The van der Waals surface area contributed by atoms with Gasteiger partial charge in [0, 0.05) is 18.1 Å². The molecule has 0 N–H and O–H groups in total. The summed E-state index contributed by atoms with van der Waals surface area (Å²) in [5.41, 5.74) is 4.09. The first-order valence-electron chi connectivity index (χ1n) is 10.8. The molecule has 0 amide bonds. The summed E-state index contributed by atoms with van der Waals surface area (Å²) in [6.07, 6.45) is -0.202. The van der Waals surface area contributed by atoms with Crippen LogP contribution in [0.5, 0.6) is 17.2 Å². The van der Waals surface area contributed by atoms with Gasteiger partial charge >= 0.3 is 0 Å². The molecule has 2 aliphatic rings. The minimum atomic E-state index is -0.667. The highest BCUT2D eigenvalue weighted by atomic mass is 16.7. The van der Waals surface area contributed by atoms with E-state index in [-0.39, 0.29) is 12.6 Å². The van der Waals surface area contributed by atoms with Crippen molar-refractivity contribution in [2.24, 2.45) is 5.92 Å². The van der Waals surface area contributed by atoms with Gasteiger partial charge in [0.15, 0.2) is 17.3 Å². The number of ether oxygens (including phenoxy) is 4. The minimum absolute atomic E-state index is 0.0107. The molecule has 2 unspecified atom stereocenters. The van der Waals surface area contributed by atoms with Gasteiger partial charge < -0.3 is 18.9 Å². The molecule has 4 aromatic rings. The standard InChI is InChI=1S/C27H21NO5/c1-30-27-20(12-16-6-10-24-25(13-16)32-15-31-24)26(29)19-14-18(8-11-23(19)33-27)22-9-7-17-4-2-3-5-21(17)28-22/h2-11,13-14,20,27H,12,15H2,1H3. The van der Waals surface area contributed by atoms with Crippen molar-refractivity contribution in [3.05, 3.63) is 83.9 Å². The summed E-state index contributed by atoms with van der Waals surface area (Å²) in [5, 5.41) is 1.07. The molecule has 3 heterocycles. The monoisotopic (exact) mass is 439 g/mol. The Hall–Kier alpha value is -3.90. The summed E-state index contributed by atoms with van der Waals surface area (Å²) in [5.74, 6) is 1.44. The van der Waals surface area contributed by atoms with Gasteiger partial charge in [-0.1, -0.05) is 30.3 Å². The molecule has 2 atom stereocenters. The molecule has 6 rings (SSSR count). The van der Waals surface area contributed by atoms with Crippen LogP contribution in [0, 0.1) is 5.92 Å². The van der Waals surface area contributed by atoms with E-state index in [0.717, 1.165) is 27.7 Å². The third-order valence-corrected chi connectivity index (χ3v) is 6.17. The van der Waals surface area contributed by atoms with E-state index in [1.165, 1.54) is 0 Å². The molecule has 6 heteroatoms. The van der Waals surface area contributed by atoms with E-state index >= 15 is 0 Å². The Balaban J connectivity index is 1.34. The van der Waals surface area contributed by atoms with Gasteiger partial charge in [-0.25, -0.2) is 4.98 Å². The lowest BCUT2D eigenvalue weighted by Gasteiger charge is -2.31. The molecule has 164 valence electrons. The van der Waals surface area contributed by atoms with Crippen molar-refractivity contribution in [1.82, 2.24) is 4.98 Å². The highest BCUT2D eigenvalue weighted by Gasteiger charge is 2.38. The summed E-state index contributed by atoms with van der Waals surface area (Å²) in [6.45, 7) is 0.212. The van der Waals surface area contributed by atoms with Gasteiger partial charge in [-0.2, -0.15) is 0 Å². The van der Waals surface area contributed by atoms with Crippen molar-refractivity contribution < 1.29 is 23.7 Å². The second-order valence-electron chi connectivity index (χ2n) is 8.18. The zero-order valence-corrected chi connectivity index (χ0v) is 18.0. The van der Waals surface area contributed by atoms with Crippen molar-refractivity contribution in [1.29, 1.82) is 0 Å². The SMILES string of the molecule is COC1Oc2ccc(-c3ccc4ccccc4n3)cc2C(=O)C1Cc1ccc2c(c1)OCO2. The van der Waals surface area contributed by atoms with Gasteiger partial charge in [0.2, 0.25) is 13.1 Å². The fraction of sp³-hybridized carbons (Fsp3) is 0.185. The molecule has 2 aliphatic heterocycles. The lowest BCUT2D eigenvalue weighted by Crippen LogP contribution is -2.40. The molecule has 33 heavy (non-hydrogen) atoms. The Morgan fingerprint density at radius 3 is 2.70 bits per heavy atom. The first-order valence-corrected chi connectivity index (χ1v) is 10.8. The molecule has 0 radical (unpaired) electrons. The van der Waals surface area contributed by atoms with Crippen LogP contribution in [-0.2, 0) is 11.2 Å². The zero-order chi connectivity index (χ0) is 22.4. The third kappa shape index (κ3) is 3.49. The fourth-order valence-electron chi connectivity index (χ4n) is 4.47. The van der Waals surface area contributed by atoms with Crippen LogP contribution in [0.4, 0.5) is 0 Å². The number of Topliss-reactive ketones (excluding diaryl/α,β-unsaturated/α-hetero) is 1. The summed E-state index contributed by atoms with van der Waals surface area (Å²) >= 11 is 0. The van der Waals surface area contributed by atoms with Crippen molar-refractivity contribution in [3.8, 4) is 28.5 Å². The maximum Gasteiger partial charge on any atom is 0.231 e. The van der Waals surface area contributed by atoms with Gasteiger partial charge in [-0.15, -0.1) is 0 Å².